The van der Waals surface area contributed by atoms with Crippen LogP contribution < -0.4 is 4.74 Å². The van der Waals surface area contributed by atoms with E-state index in [1.807, 2.05) is 59.3 Å². The van der Waals surface area contributed by atoms with Gasteiger partial charge in [-0.25, -0.2) is 4.98 Å². The van der Waals surface area contributed by atoms with Crippen molar-refractivity contribution < 1.29 is 9.84 Å². The Bertz CT molecular complexity index is 698. The number of ether oxygens (including phenoxy) is 1. The zero-order chi connectivity index (χ0) is 15.2. The zero-order valence-electron chi connectivity index (χ0n) is 12.0. The van der Waals surface area contributed by atoms with E-state index in [0.717, 1.165) is 17.3 Å². The molecule has 0 fully saturated rings. The van der Waals surface area contributed by atoms with Gasteiger partial charge in [-0.05, 0) is 24.3 Å². The second-order valence-electron chi connectivity index (χ2n) is 4.90. The maximum atomic E-state index is 10.2. The summed E-state index contributed by atoms with van der Waals surface area (Å²) in [5, 5.41) is 10.2. The molecular weight excluding hydrogens is 278 g/mol. The van der Waals surface area contributed by atoms with Gasteiger partial charge in [0.25, 0.3) is 0 Å². The Morgan fingerprint density at radius 1 is 1.00 bits per heavy atom. The lowest BCUT2D eigenvalue weighted by atomic mass is 10.3. The van der Waals surface area contributed by atoms with E-state index in [1.54, 1.807) is 12.4 Å². The first kappa shape index (κ1) is 14.3. The largest absolute Gasteiger partial charge is 0.491 e. The Hall–Kier alpha value is -2.66. The van der Waals surface area contributed by atoms with Crippen molar-refractivity contribution in [2.45, 2.75) is 12.6 Å². The quantitative estimate of drug-likeness (QED) is 0.758. The van der Waals surface area contributed by atoms with Gasteiger partial charge in [-0.15, -0.1) is 0 Å². The van der Waals surface area contributed by atoms with Gasteiger partial charge in [0.1, 0.15) is 24.2 Å². The first-order chi connectivity index (χ1) is 10.8. The van der Waals surface area contributed by atoms with Gasteiger partial charge < -0.3 is 14.4 Å². The highest BCUT2D eigenvalue weighted by atomic mass is 16.5. The van der Waals surface area contributed by atoms with Crippen LogP contribution in [0.5, 0.6) is 5.75 Å². The molecule has 0 saturated carbocycles. The van der Waals surface area contributed by atoms with E-state index in [-0.39, 0.29) is 6.61 Å². The predicted molar refractivity (Wildman–Crippen MR) is 83.4 cm³/mol. The molecule has 2 heterocycles. The highest BCUT2D eigenvalue weighted by Crippen LogP contribution is 2.15. The van der Waals surface area contributed by atoms with Gasteiger partial charge in [-0.1, -0.05) is 24.3 Å². The number of nitrogens with zero attached hydrogens (tertiary/aromatic N) is 3. The second kappa shape index (κ2) is 6.87. The van der Waals surface area contributed by atoms with Crippen molar-refractivity contribution in [2.24, 2.45) is 0 Å². The number of pyridine rings is 1. The van der Waals surface area contributed by atoms with Gasteiger partial charge in [-0.2, -0.15) is 0 Å². The van der Waals surface area contributed by atoms with E-state index in [0.29, 0.717) is 6.54 Å². The Morgan fingerprint density at radius 2 is 1.82 bits per heavy atom. The molecule has 5 nitrogen and oxygen atoms in total. The molecule has 0 aliphatic rings. The van der Waals surface area contributed by atoms with Crippen molar-refractivity contribution in [3.8, 4) is 17.3 Å². The summed E-state index contributed by atoms with van der Waals surface area (Å²) in [5.74, 6) is 1.48. The first-order valence-corrected chi connectivity index (χ1v) is 7.11. The molecule has 0 radical (unpaired) electrons. The summed E-state index contributed by atoms with van der Waals surface area (Å²) in [4.78, 5) is 8.59. The molecule has 0 aliphatic carbocycles. The van der Waals surface area contributed by atoms with Crippen LogP contribution in [0, 0.1) is 0 Å². The molecule has 0 aliphatic heterocycles. The van der Waals surface area contributed by atoms with Gasteiger partial charge in [0.2, 0.25) is 0 Å². The monoisotopic (exact) mass is 295 g/mol. The highest BCUT2D eigenvalue weighted by molar-refractivity contribution is 5.49. The van der Waals surface area contributed by atoms with E-state index in [4.69, 9.17) is 4.74 Å². The molecule has 3 aromatic rings. The van der Waals surface area contributed by atoms with Gasteiger partial charge in [0.05, 0.1) is 6.54 Å². The molecule has 1 aromatic carbocycles. The fraction of sp³-hybridized carbons (Fsp3) is 0.176. The predicted octanol–water partition coefficient (Wildman–Crippen LogP) is 2.39. The SMILES string of the molecule is OC(COc1ccccc1)Cn1ccnc1-c1ccccn1. The average Bonchev–Trinajstić information content (AvgIpc) is 3.03. The number of para-hydroxylation sites is 1. The summed E-state index contributed by atoms with van der Waals surface area (Å²) in [6, 6.07) is 15.1. The summed E-state index contributed by atoms with van der Waals surface area (Å²) in [7, 11) is 0. The van der Waals surface area contributed by atoms with Crippen LogP contribution in [0.15, 0.2) is 67.1 Å². The normalized spacial score (nSPS) is 12.0. The molecule has 2 aromatic heterocycles. The number of aliphatic hydroxyl groups excluding tert-OH is 1. The van der Waals surface area contributed by atoms with Crippen LogP contribution in [0.25, 0.3) is 11.5 Å². The number of aliphatic hydroxyl groups is 1. The topological polar surface area (TPSA) is 60.2 Å². The maximum Gasteiger partial charge on any atom is 0.158 e. The first-order valence-electron chi connectivity index (χ1n) is 7.11. The summed E-state index contributed by atoms with van der Waals surface area (Å²) in [6.45, 7) is 0.628. The van der Waals surface area contributed by atoms with Crippen molar-refractivity contribution in [2.75, 3.05) is 6.61 Å². The van der Waals surface area contributed by atoms with E-state index in [9.17, 15) is 5.11 Å². The van der Waals surface area contributed by atoms with Crippen LogP contribution >= 0.6 is 0 Å². The fourth-order valence-corrected chi connectivity index (χ4v) is 2.17. The minimum Gasteiger partial charge on any atom is -0.491 e. The van der Waals surface area contributed by atoms with Crippen molar-refractivity contribution >= 4 is 0 Å². The number of benzene rings is 1. The minimum absolute atomic E-state index is 0.226. The Kier molecular flexibility index (Phi) is 4.46. The lowest BCUT2D eigenvalue weighted by Crippen LogP contribution is -2.23. The number of imidazole rings is 1. The van der Waals surface area contributed by atoms with E-state index in [1.165, 1.54) is 0 Å². The van der Waals surface area contributed by atoms with Gasteiger partial charge in [0, 0.05) is 18.6 Å². The van der Waals surface area contributed by atoms with Crippen LogP contribution in [-0.4, -0.2) is 32.4 Å². The van der Waals surface area contributed by atoms with Gasteiger partial charge >= 0.3 is 0 Å². The van der Waals surface area contributed by atoms with Crippen molar-refractivity contribution in [3.63, 3.8) is 0 Å². The van der Waals surface area contributed by atoms with Gasteiger partial charge in [-0.3, -0.25) is 4.98 Å². The Balaban J connectivity index is 1.63. The zero-order valence-corrected chi connectivity index (χ0v) is 12.0. The smallest absolute Gasteiger partial charge is 0.158 e. The summed E-state index contributed by atoms with van der Waals surface area (Å²) >= 11 is 0. The molecule has 0 spiro atoms. The van der Waals surface area contributed by atoms with E-state index >= 15 is 0 Å². The second-order valence-corrected chi connectivity index (χ2v) is 4.90. The highest BCUT2D eigenvalue weighted by Gasteiger charge is 2.11. The van der Waals surface area contributed by atoms with Crippen molar-refractivity contribution in [1.29, 1.82) is 0 Å². The molecule has 1 N–H and O–H groups in total. The van der Waals surface area contributed by atoms with Crippen LogP contribution in [0.3, 0.4) is 0 Å². The van der Waals surface area contributed by atoms with Crippen LogP contribution in [-0.2, 0) is 6.54 Å². The molecule has 1 unspecified atom stereocenters. The summed E-state index contributed by atoms with van der Waals surface area (Å²) < 4.78 is 7.44. The van der Waals surface area contributed by atoms with Crippen molar-refractivity contribution in [1.82, 2.24) is 14.5 Å². The summed E-state index contributed by atoms with van der Waals surface area (Å²) in [6.07, 6.45) is 4.63. The maximum absolute atomic E-state index is 10.2. The van der Waals surface area contributed by atoms with Crippen LogP contribution in [0.1, 0.15) is 0 Å². The minimum atomic E-state index is -0.628. The molecule has 22 heavy (non-hydrogen) atoms. The van der Waals surface area contributed by atoms with Crippen LogP contribution in [0.2, 0.25) is 0 Å². The van der Waals surface area contributed by atoms with E-state index < -0.39 is 6.10 Å². The molecule has 0 saturated heterocycles. The number of rotatable bonds is 6. The third-order valence-corrected chi connectivity index (χ3v) is 3.20. The number of hydrogen-bond acceptors (Lipinski definition) is 4. The molecule has 112 valence electrons. The molecule has 1 atom stereocenters. The number of hydrogen-bond donors (Lipinski definition) is 1. The number of aromatic nitrogens is 3. The average molecular weight is 295 g/mol. The van der Waals surface area contributed by atoms with Crippen LogP contribution in [0.4, 0.5) is 0 Å². The molecule has 0 bridgehead atoms. The Labute approximate surface area is 128 Å². The molecule has 0 amide bonds. The lowest BCUT2D eigenvalue weighted by molar-refractivity contribution is 0.0928. The summed E-state index contributed by atoms with van der Waals surface area (Å²) in [5.41, 5.74) is 0.781. The molecular formula is C17H17N3O2. The van der Waals surface area contributed by atoms with Crippen molar-refractivity contribution in [3.05, 3.63) is 67.1 Å². The molecule has 5 heteroatoms. The standard InChI is InChI=1S/C17H17N3O2/c21-14(13-22-15-6-2-1-3-7-15)12-20-11-10-19-17(20)16-8-4-5-9-18-16/h1-11,14,21H,12-13H2. The van der Waals surface area contributed by atoms with E-state index in [2.05, 4.69) is 9.97 Å². The lowest BCUT2D eigenvalue weighted by Gasteiger charge is -2.14. The Morgan fingerprint density at radius 3 is 2.59 bits per heavy atom. The third-order valence-electron chi connectivity index (χ3n) is 3.20. The molecule has 3 rings (SSSR count). The fourth-order valence-electron chi connectivity index (χ4n) is 2.17. The third kappa shape index (κ3) is 3.51. The van der Waals surface area contributed by atoms with Gasteiger partial charge in [0.15, 0.2) is 5.82 Å².